The van der Waals surface area contributed by atoms with Crippen LogP contribution in [0.4, 0.5) is 0 Å². The molecule has 0 spiro atoms. The third-order valence-electron chi connectivity index (χ3n) is 5.43. The van der Waals surface area contributed by atoms with E-state index in [9.17, 15) is 0 Å². The number of hydrogen-bond donors (Lipinski definition) is 0. The molecule has 0 saturated carbocycles. The van der Waals surface area contributed by atoms with Crippen LogP contribution in [0.1, 0.15) is 38.8 Å². The van der Waals surface area contributed by atoms with Crippen molar-refractivity contribution in [2.24, 2.45) is 0 Å². The molecule has 0 radical (unpaired) electrons. The molecule has 0 unspecified atom stereocenters. The van der Waals surface area contributed by atoms with E-state index in [1.54, 1.807) is 0 Å². The Morgan fingerprint density at radius 3 is 2.10 bits per heavy atom. The van der Waals surface area contributed by atoms with Crippen LogP contribution >= 0.6 is 0 Å². The van der Waals surface area contributed by atoms with Crippen LogP contribution in [-0.4, -0.2) is 18.3 Å². The molecule has 0 bridgehead atoms. The summed E-state index contributed by atoms with van der Waals surface area (Å²) in [5, 5.41) is 2.64. The third-order valence-corrected chi connectivity index (χ3v) is 5.43. The van der Waals surface area contributed by atoms with Gasteiger partial charge in [0, 0.05) is 0 Å². The van der Waals surface area contributed by atoms with Gasteiger partial charge >= 0.3 is 7.12 Å². The zero-order valence-corrected chi connectivity index (χ0v) is 13.2. The number of aryl methyl sites for hydroxylation is 2. The first-order chi connectivity index (χ1) is 9.89. The lowest BCUT2D eigenvalue weighted by Gasteiger charge is -2.32. The quantitative estimate of drug-likeness (QED) is 0.747. The summed E-state index contributed by atoms with van der Waals surface area (Å²) in [7, 11) is -0.272. The summed E-state index contributed by atoms with van der Waals surface area (Å²) in [5.41, 5.74) is 3.57. The van der Waals surface area contributed by atoms with Crippen LogP contribution in [0.2, 0.25) is 0 Å². The molecule has 1 heterocycles. The van der Waals surface area contributed by atoms with Crippen LogP contribution in [0.3, 0.4) is 0 Å². The normalized spacial score (nSPS) is 22.2. The monoisotopic (exact) mass is 280 g/mol. The summed E-state index contributed by atoms with van der Waals surface area (Å²) in [6.07, 6.45) is 2.37. The minimum Gasteiger partial charge on any atom is -0.399 e. The van der Waals surface area contributed by atoms with Crippen LogP contribution in [0, 0.1) is 0 Å². The van der Waals surface area contributed by atoms with Crippen molar-refractivity contribution < 1.29 is 9.31 Å². The van der Waals surface area contributed by atoms with Crippen molar-refractivity contribution in [3.63, 3.8) is 0 Å². The Hall–Kier alpha value is -1.32. The number of rotatable bonds is 1. The highest BCUT2D eigenvalue weighted by atomic mass is 16.7. The Bertz CT molecular complexity index is 717. The fraction of sp³-hybridized carbons (Fsp3) is 0.444. The maximum atomic E-state index is 6.25. The second-order valence-corrected chi connectivity index (χ2v) is 7.24. The molecule has 0 N–H and O–H groups in total. The zero-order chi connectivity index (χ0) is 14.8. The van der Waals surface area contributed by atoms with Gasteiger partial charge in [0.05, 0.1) is 11.2 Å². The lowest BCUT2D eigenvalue weighted by atomic mass is 9.71. The van der Waals surface area contributed by atoms with E-state index >= 15 is 0 Å². The minimum atomic E-state index is -0.290. The van der Waals surface area contributed by atoms with E-state index in [0.29, 0.717) is 0 Å². The average molecular weight is 280 g/mol. The van der Waals surface area contributed by atoms with Gasteiger partial charge < -0.3 is 9.31 Å². The van der Waals surface area contributed by atoms with Crippen molar-refractivity contribution in [1.29, 1.82) is 0 Å². The van der Waals surface area contributed by atoms with Crippen molar-refractivity contribution >= 4 is 23.4 Å². The largest absolute Gasteiger partial charge is 0.495 e. The smallest absolute Gasteiger partial charge is 0.399 e. The van der Waals surface area contributed by atoms with Crippen molar-refractivity contribution in [3.05, 3.63) is 41.5 Å². The first-order valence-corrected chi connectivity index (χ1v) is 7.78. The van der Waals surface area contributed by atoms with E-state index in [-0.39, 0.29) is 18.3 Å². The first-order valence-electron chi connectivity index (χ1n) is 7.78. The van der Waals surface area contributed by atoms with E-state index in [0.717, 1.165) is 0 Å². The summed E-state index contributed by atoms with van der Waals surface area (Å²) >= 11 is 0. The van der Waals surface area contributed by atoms with Gasteiger partial charge in [0.15, 0.2) is 0 Å². The second-order valence-electron chi connectivity index (χ2n) is 7.24. The molecule has 2 aromatic carbocycles. The fourth-order valence-corrected chi connectivity index (χ4v) is 3.29. The molecule has 1 aliphatic heterocycles. The van der Waals surface area contributed by atoms with Crippen molar-refractivity contribution in [3.8, 4) is 0 Å². The SMILES string of the molecule is CC1(C)OB(c2cc3c(c4ccccc24)CC3)OC1(C)C. The summed E-state index contributed by atoms with van der Waals surface area (Å²) in [6, 6.07) is 10.9. The highest BCUT2D eigenvalue weighted by Gasteiger charge is 2.52. The molecule has 0 aromatic heterocycles. The molecular formula is C18H21BO2. The van der Waals surface area contributed by atoms with Crippen molar-refractivity contribution in [1.82, 2.24) is 0 Å². The van der Waals surface area contributed by atoms with Gasteiger partial charge in [0.1, 0.15) is 0 Å². The molecule has 1 saturated heterocycles. The Morgan fingerprint density at radius 2 is 1.52 bits per heavy atom. The molecular weight excluding hydrogens is 259 g/mol. The molecule has 2 aromatic rings. The summed E-state index contributed by atoms with van der Waals surface area (Å²) in [6.45, 7) is 8.43. The maximum absolute atomic E-state index is 6.25. The summed E-state index contributed by atoms with van der Waals surface area (Å²) < 4.78 is 12.5. The van der Waals surface area contributed by atoms with Crippen LogP contribution in [-0.2, 0) is 22.2 Å². The standard InChI is InChI=1S/C18H21BO2/c1-17(2)18(3,4)21-19(20-17)16-11-12-9-10-13(12)14-7-5-6-8-15(14)16/h5-8,11H,9-10H2,1-4H3. The average Bonchev–Trinajstić information content (AvgIpc) is 2.58. The second kappa shape index (κ2) is 4.11. The van der Waals surface area contributed by atoms with Gasteiger partial charge in [-0.05, 0) is 67.9 Å². The number of fused-ring (bicyclic) bond motifs is 3. The molecule has 108 valence electrons. The molecule has 2 nitrogen and oxygen atoms in total. The number of hydrogen-bond acceptors (Lipinski definition) is 2. The molecule has 2 aliphatic rings. The molecule has 1 fully saturated rings. The third kappa shape index (κ3) is 1.80. The van der Waals surface area contributed by atoms with Gasteiger partial charge in [-0.3, -0.25) is 0 Å². The van der Waals surface area contributed by atoms with E-state index in [1.165, 1.54) is 40.2 Å². The summed E-state index contributed by atoms with van der Waals surface area (Å²) in [5.74, 6) is 0. The van der Waals surface area contributed by atoms with Crippen LogP contribution in [0.15, 0.2) is 30.3 Å². The van der Waals surface area contributed by atoms with E-state index < -0.39 is 0 Å². The maximum Gasteiger partial charge on any atom is 0.495 e. The molecule has 21 heavy (non-hydrogen) atoms. The first kappa shape index (κ1) is 13.4. The van der Waals surface area contributed by atoms with E-state index in [1.807, 2.05) is 0 Å². The van der Waals surface area contributed by atoms with Crippen LogP contribution in [0.5, 0.6) is 0 Å². The van der Waals surface area contributed by atoms with E-state index in [2.05, 4.69) is 58.0 Å². The highest BCUT2D eigenvalue weighted by molar-refractivity contribution is 6.65. The summed E-state index contributed by atoms with van der Waals surface area (Å²) in [4.78, 5) is 0. The Balaban J connectivity index is 1.87. The molecule has 3 heteroatoms. The Labute approximate surface area is 126 Å². The van der Waals surface area contributed by atoms with Gasteiger partial charge in [0.25, 0.3) is 0 Å². The predicted octanol–water partition coefficient (Wildman–Crippen LogP) is 3.24. The van der Waals surface area contributed by atoms with Crippen molar-refractivity contribution in [2.45, 2.75) is 51.7 Å². The molecule has 0 atom stereocenters. The van der Waals surface area contributed by atoms with Gasteiger partial charge in [-0.15, -0.1) is 0 Å². The van der Waals surface area contributed by atoms with Crippen molar-refractivity contribution in [2.75, 3.05) is 0 Å². The predicted molar refractivity (Wildman–Crippen MR) is 87.1 cm³/mol. The Kier molecular flexibility index (Phi) is 2.62. The lowest BCUT2D eigenvalue weighted by Crippen LogP contribution is -2.41. The topological polar surface area (TPSA) is 18.5 Å². The van der Waals surface area contributed by atoms with Crippen LogP contribution < -0.4 is 5.46 Å². The van der Waals surface area contributed by atoms with Crippen LogP contribution in [0.25, 0.3) is 10.8 Å². The van der Waals surface area contributed by atoms with Gasteiger partial charge in [-0.25, -0.2) is 0 Å². The van der Waals surface area contributed by atoms with Gasteiger partial charge in [-0.1, -0.05) is 30.3 Å². The minimum absolute atomic E-state index is 0.272. The molecule has 1 aliphatic carbocycles. The highest BCUT2D eigenvalue weighted by Crippen LogP contribution is 2.38. The fourth-order valence-electron chi connectivity index (χ4n) is 3.29. The van der Waals surface area contributed by atoms with Gasteiger partial charge in [-0.2, -0.15) is 0 Å². The van der Waals surface area contributed by atoms with Gasteiger partial charge in [0.2, 0.25) is 0 Å². The Morgan fingerprint density at radius 1 is 0.905 bits per heavy atom. The van der Waals surface area contributed by atoms with E-state index in [4.69, 9.17) is 9.31 Å². The molecule has 0 amide bonds. The zero-order valence-electron chi connectivity index (χ0n) is 13.2. The molecule has 4 rings (SSSR count). The lowest BCUT2D eigenvalue weighted by molar-refractivity contribution is 0.00578. The number of benzene rings is 2.